The van der Waals surface area contributed by atoms with Crippen LogP contribution in [0.15, 0.2) is 12.1 Å². The molecular formula is C9H11Cl2N3O. The Kier molecular flexibility index (Phi) is 4.32. The van der Waals surface area contributed by atoms with Gasteiger partial charge in [0, 0.05) is 6.42 Å². The van der Waals surface area contributed by atoms with Gasteiger partial charge in [-0.1, -0.05) is 30.1 Å². The number of halogens is 2. The quantitative estimate of drug-likeness (QED) is 0.371. The maximum atomic E-state index is 11.0. The Hall–Kier alpha value is -0.840. The molecule has 6 heteroatoms. The van der Waals surface area contributed by atoms with Gasteiger partial charge in [0.05, 0.1) is 0 Å². The highest BCUT2D eigenvalue weighted by molar-refractivity contribution is 6.32. The number of aromatic nitrogens is 1. The van der Waals surface area contributed by atoms with Crippen LogP contribution in [-0.2, 0) is 4.79 Å². The second-order valence-corrected chi connectivity index (χ2v) is 3.99. The molecule has 0 aliphatic rings. The maximum absolute atomic E-state index is 11.0. The molecule has 4 nitrogen and oxygen atoms in total. The lowest BCUT2D eigenvalue weighted by Crippen LogP contribution is -2.30. The molecule has 1 aromatic heterocycles. The number of rotatable bonds is 3. The fourth-order valence-electron chi connectivity index (χ4n) is 1.22. The minimum absolute atomic E-state index is 0.00782. The predicted octanol–water partition coefficient (Wildman–Crippen LogP) is 1.87. The zero-order valence-corrected chi connectivity index (χ0v) is 9.64. The molecule has 1 amide bonds. The molecule has 0 saturated carbocycles. The first-order valence-corrected chi connectivity index (χ1v) is 5.11. The van der Waals surface area contributed by atoms with E-state index >= 15 is 0 Å². The van der Waals surface area contributed by atoms with Crippen LogP contribution in [0.25, 0.3) is 0 Å². The van der Waals surface area contributed by atoms with Crippen LogP contribution in [0, 0.1) is 0 Å². The normalized spacial score (nSPS) is 12.3. The molecule has 0 saturated heterocycles. The molecular weight excluding hydrogens is 237 g/mol. The van der Waals surface area contributed by atoms with Crippen LogP contribution in [0.1, 0.15) is 24.8 Å². The molecule has 3 N–H and O–H groups in total. The SMILES string of the molecule is C[C@H](CC(=O)NN)c1cc(Cl)nc(Cl)c1. The molecule has 0 aromatic carbocycles. The number of nitrogens with two attached hydrogens (primary N) is 1. The lowest BCUT2D eigenvalue weighted by Gasteiger charge is -2.11. The van der Waals surface area contributed by atoms with Gasteiger partial charge < -0.3 is 0 Å². The minimum Gasteiger partial charge on any atom is -0.294 e. The number of nitrogens with one attached hydrogen (secondary N) is 1. The Bertz CT molecular complexity index is 350. The Morgan fingerprint density at radius 2 is 2.07 bits per heavy atom. The molecule has 1 rings (SSSR count). The number of hydrogen-bond acceptors (Lipinski definition) is 3. The first-order chi connectivity index (χ1) is 7.02. The zero-order chi connectivity index (χ0) is 11.4. The van der Waals surface area contributed by atoms with Gasteiger partial charge in [0.15, 0.2) is 0 Å². The highest BCUT2D eigenvalue weighted by Gasteiger charge is 2.12. The monoisotopic (exact) mass is 247 g/mol. The highest BCUT2D eigenvalue weighted by atomic mass is 35.5. The standard InChI is InChI=1S/C9H11Cl2N3O/c1-5(2-9(15)14-12)6-3-7(10)13-8(11)4-6/h3-5H,2,12H2,1H3,(H,14,15)/t5-/m1/s1. The van der Waals surface area contributed by atoms with Crippen molar-refractivity contribution in [3.05, 3.63) is 28.0 Å². The summed E-state index contributed by atoms with van der Waals surface area (Å²) >= 11 is 11.5. The summed E-state index contributed by atoms with van der Waals surface area (Å²) in [5.41, 5.74) is 2.94. The summed E-state index contributed by atoms with van der Waals surface area (Å²) in [6.45, 7) is 1.89. The van der Waals surface area contributed by atoms with Gasteiger partial charge >= 0.3 is 0 Å². The van der Waals surface area contributed by atoms with Crippen LogP contribution in [0.3, 0.4) is 0 Å². The maximum Gasteiger partial charge on any atom is 0.234 e. The van der Waals surface area contributed by atoms with Gasteiger partial charge in [-0.3, -0.25) is 10.2 Å². The van der Waals surface area contributed by atoms with Crippen molar-refractivity contribution in [1.29, 1.82) is 0 Å². The van der Waals surface area contributed by atoms with Crippen molar-refractivity contribution in [2.24, 2.45) is 5.84 Å². The Balaban J connectivity index is 2.81. The molecule has 1 heterocycles. The Labute approximate surface area is 97.7 Å². The van der Waals surface area contributed by atoms with Gasteiger partial charge in [-0.15, -0.1) is 0 Å². The fraction of sp³-hybridized carbons (Fsp3) is 0.333. The highest BCUT2D eigenvalue weighted by Crippen LogP contribution is 2.23. The summed E-state index contributed by atoms with van der Waals surface area (Å²) in [5, 5.41) is 0.634. The molecule has 0 unspecified atom stereocenters. The topological polar surface area (TPSA) is 68.0 Å². The average Bonchev–Trinajstić information content (AvgIpc) is 2.16. The van der Waals surface area contributed by atoms with E-state index in [1.807, 2.05) is 6.92 Å². The summed E-state index contributed by atoms with van der Waals surface area (Å²) in [7, 11) is 0. The van der Waals surface area contributed by atoms with Crippen molar-refractivity contribution in [2.45, 2.75) is 19.3 Å². The fourth-order valence-corrected chi connectivity index (χ4v) is 1.70. The average molecular weight is 248 g/mol. The zero-order valence-electron chi connectivity index (χ0n) is 8.13. The van der Waals surface area contributed by atoms with Crippen LogP contribution < -0.4 is 11.3 Å². The van der Waals surface area contributed by atoms with E-state index in [1.54, 1.807) is 12.1 Å². The van der Waals surface area contributed by atoms with E-state index in [0.29, 0.717) is 10.3 Å². The van der Waals surface area contributed by atoms with E-state index in [1.165, 1.54) is 0 Å². The second kappa shape index (κ2) is 5.30. The van der Waals surface area contributed by atoms with Gasteiger partial charge in [0.25, 0.3) is 0 Å². The predicted molar refractivity (Wildman–Crippen MR) is 59.6 cm³/mol. The van der Waals surface area contributed by atoms with E-state index in [4.69, 9.17) is 29.0 Å². The van der Waals surface area contributed by atoms with Crippen molar-refractivity contribution in [2.75, 3.05) is 0 Å². The number of nitrogens with zero attached hydrogens (tertiary/aromatic N) is 1. The molecule has 0 spiro atoms. The number of hydrogen-bond donors (Lipinski definition) is 2. The molecule has 82 valence electrons. The summed E-state index contributed by atoms with van der Waals surface area (Å²) in [4.78, 5) is 14.9. The first kappa shape index (κ1) is 12.2. The Morgan fingerprint density at radius 1 is 1.53 bits per heavy atom. The van der Waals surface area contributed by atoms with Crippen LogP contribution in [0.2, 0.25) is 10.3 Å². The largest absolute Gasteiger partial charge is 0.294 e. The van der Waals surface area contributed by atoms with Crippen molar-refractivity contribution in [3.63, 3.8) is 0 Å². The van der Waals surface area contributed by atoms with Crippen LogP contribution >= 0.6 is 23.2 Å². The number of amides is 1. The third-order valence-corrected chi connectivity index (χ3v) is 2.39. The van der Waals surface area contributed by atoms with Crippen molar-refractivity contribution < 1.29 is 4.79 Å². The van der Waals surface area contributed by atoms with Crippen LogP contribution in [0.5, 0.6) is 0 Å². The van der Waals surface area contributed by atoms with E-state index in [9.17, 15) is 4.79 Å². The molecule has 15 heavy (non-hydrogen) atoms. The van der Waals surface area contributed by atoms with Crippen LogP contribution in [-0.4, -0.2) is 10.9 Å². The molecule has 0 fully saturated rings. The van der Waals surface area contributed by atoms with Crippen molar-refractivity contribution in [1.82, 2.24) is 10.4 Å². The van der Waals surface area contributed by atoms with E-state index in [0.717, 1.165) is 5.56 Å². The third kappa shape index (κ3) is 3.66. The number of carbonyl (C=O) groups excluding carboxylic acids is 1. The molecule has 1 aromatic rings. The minimum atomic E-state index is -0.230. The molecule has 0 aliphatic heterocycles. The van der Waals surface area contributed by atoms with Gasteiger partial charge in [-0.2, -0.15) is 0 Å². The summed E-state index contributed by atoms with van der Waals surface area (Å²) in [5.74, 6) is 4.76. The number of pyridine rings is 1. The summed E-state index contributed by atoms with van der Waals surface area (Å²) < 4.78 is 0. The third-order valence-electron chi connectivity index (χ3n) is 2.01. The summed E-state index contributed by atoms with van der Waals surface area (Å²) in [6, 6.07) is 3.36. The molecule has 1 atom stereocenters. The molecule has 0 bridgehead atoms. The van der Waals surface area contributed by atoms with Crippen LogP contribution in [0.4, 0.5) is 0 Å². The van der Waals surface area contributed by atoms with Gasteiger partial charge in [0.1, 0.15) is 10.3 Å². The van der Waals surface area contributed by atoms with Gasteiger partial charge in [-0.25, -0.2) is 10.8 Å². The molecule has 0 aliphatic carbocycles. The number of carbonyl (C=O) groups is 1. The molecule has 0 radical (unpaired) electrons. The van der Waals surface area contributed by atoms with Crippen molar-refractivity contribution >= 4 is 29.1 Å². The van der Waals surface area contributed by atoms with E-state index in [2.05, 4.69) is 10.4 Å². The summed E-state index contributed by atoms with van der Waals surface area (Å²) in [6.07, 6.45) is 0.285. The van der Waals surface area contributed by atoms with Crippen molar-refractivity contribution in [3.8, 4) is 0 Å². The smallest absolute Gasteiger partial charge is 0.234 e. The van der Waals surface area contributed by atoms with E-state index in [-0.39, 0.29) is 18.2 Å². The first-order valence-electron chi connectivity index (χ1n) is 4.35. The van der Waals surface area contributed by atoms with E-state index < -0.39 is 0 Å². The lowest BCUT2D eigenvalue weighted by molar-refractivity contribution is -0.121. The number of hydrazine groups is 1. The Morgan fingerprint density at radius 3 is 2.53 bits per heavy atom. The van der Waals surface area contributed by atoms with Gasteiger partial charge in [0.2, 0.25) is 5.91 Å². The van der Waals surface area contributed by atoms with Gasteiger partial charge in [-0.05, 0) is 23.6 Å². The second-order valence-electron chi connectivity index (χ2n) is 3.22. The lowest BCUT2D eigenvalue weighted by atomic mass is 9.99.